The largest absolute Gasteiger partial charge is 0.335 e. The molecule has 0 unspecified atom stereocenters. The zero-order valence-electron chi connectivity index (χ0n) is 15.0. The van der Waals surface area contributed by atoms with Crippen LogP contribution in [0.4, 0.5) is 0 Å². The highest BCUT2D eigenvalue weighted by Crippen LogP contribution is 2.22. The molecule has 1 aliphatic heterocycles. The molecule has 1 atom stereocenters. The molecule has 136 valence electrons. The Hall–Kier alpha value is -2.30. The van der Waals surface area contributed by atoms with Gasteiger partial charge in [-0.05, 0) is 37.9 Å². The summed E-state index contributed by atoms with van der Waals surface area (Å²) in [5.74, 6) is 0.101. The molecule has 3 heterocycles. The van der Waals surface area contributed by atoms with Crippen molar-refractivity contribution in [3.63, 3.8) is 0 Å². The van der Waals surface area contributed by atoms with Crippen molar-refractivity contribution in [1.29, 1.82) is 5.26 Å². The van der Waals surface area contributed by atoms with Gasteiger partial charge in [-0.25, -0.2) is 9.97 Å². The average Bonchev–Trinajstić information content (AvgIpc) is 2.98. The molecule has 1 fully saturated rings. The summed E-state index contributed by atoms with van der Waals surface area (Å²) < 4.78 is 0. The third kappa shape index (κ3) is 4.87. The van der Waals surface area contributed by atoms with Crippen LogP contribution in [-0.2, 0) is 17.9 Å². The van der Waals surface area contributed by atoms with E-state index >= 15 is 0 Å². The Kier molecular flexibility index (Phi) is 6.31. The van der Waals surface area contributed by atoms with Crippen LogP contribution in [0.5, 0.6) is 0 Å². The van der Waals surface area contributed by atoms with Gasteiger partial charge in [0.15, 0.2) is 0 Å². The third-order valence-corrected chi connectivity index (χ3v) is 5.73. The van der Waals surface area contributed by atoms with Crippen molar-refractivity contribution >= 4 is 17.2 Å². The van der Waals surface area contributed by atoms with Crippen LogP contribution in [0.15, 0.2) is 30.9 Å². The fourth-order valence-corrected chi connectivity index (χ4v) is 4.30. The number of amides is 1. The summed E-state index contributed by atoms with van der Waals surface area (Å²) in [4.78, 5) is 26.7. The summed E-state index contributed by atoms with van der Waals surface area (Å²) in [7, 11) is 0. The quantitative estimate of drug-likeness (QED) is 0.810. The van der Waals surface area contributed by atoms with Crippen LogP contribution >= 0.6 is 11.3 Å². The van der Waals surface area contributed by atoms with Crippen LogP contribution in [-0.4, -0.2) is 44.8 Å². The molecule has 0 bridgehead atoms. The number of aromatic nitrogens is 2. The van der Waals surface area contributed by atoms with Crippen molar-refractivity contribution in [2.75, 3.05) is 13.1 Å². The Morgan fingerprint density at radius 2 is 2.15 bits per heavy atom. The van der Waals surface area contributed by atoms with Crippen LogP contribution in [0.1, 0.15) is 41.5 Å². The minimum absolute atomic E-state index is 0.101. The predicted molar refractivity (Wildman–Crippen MR) is 100 cm³/mol. The van der Waals surface area contributed by atoms with Gasteiger partial charge in [-0.15, -0.1) is 11.3 Å². The first kappa shape index (κ1) is 18.5. The summed E-state index contributed by atoms with van der Waals surface area (Å²) in [5, 5.41) is 8.97. The van der Waals surface area contributed by atoms with Crippen LogP contribution in [0.2, 0.25) is 0 Å². The Balaban J connectivity index is 1.60. The summed E-state index contributed by atoms with van der Waals surface area (Å²) in [5.41, 5.74) is 0.964. The van der Waals surface area contributed by atoms with Gasteiger partial charge in [0, 0.05) is 55.4 Å². The maximum atomic E-state index is 12.2. The molecule has 3 rings (SSSR count). The molecule has 26 heavy (non-hydrogen) atoms. The number of nitrogens with zero attached hydrogens (tertiary/aromatic N) is 5. The maximum Gasteiger partial charge on any atom is 0.219 e. The summed E-state index contributed by atoms with van der Waals surface area (Å²) in [6.07, 6.45) is 8.09. The molecule has 6 nitrogen and oxygen atoms in total. The number of nitriles is 1. The Morgan fingerprint density at radius 1 is 1.35 bits per heavy atom. The third-order valence-electron chi connectivity index (χ3n) is 4.75. The maximum absolute atomic E-state index is 12.2. The molecule has 0 spiro atoms. The second kappa shape index (κ2) is 8.88. The van der Waals surface area contributed by atoms with Crippen molar-refractivity contribution < 1.29 is 4.79 Å². The topological polar surface area (TPSA) is 73.1 Å². The number of hydrogen-bond donors (Lipinski definition) is 0. The summed E-state index contributed by atoms with van der Waals surface area (Å²) >= 11 is 1.57. The lowest BCUT2D eigenvalue weighted by atomic mass is 10.1. The van der Waals surface area contributed by atoms with E-state index in [0.29, 0.717) is 6.54 Å². The Bertz CT molecular complexity index is 770. The van der Waals surface area contributed by atoms with E-state index < -0.39 is 0 Å². The molecule has 0 saturated carbocycles. The van der Waals surface area contributed by atoms with Gasteiger partial charge >= 0.3 is 0 Å². The smallest absolute Gasteiger partial charge is 0.219 e. The molecule has 1 aliphatic rings. The summed E-state index contributed by atoms with van der Waals surface area (Å²) in [6, 6.07) is 6.38. The van der Waals surface area contributed by atoms with Gasteiger partial charge in [0.25, 0.3) is 0 Å². The highest BCUT2D eigenvalue weighted by Gasteiger charge is 2.25. The van der Waals surface area contributed by atoms with Crippen LogP contribution < -0.4 is 0 Å². The van der Waals surface area contributed by atoms with Gasteiger partial charge in [0.05, 0.1) is 0 Å². The Labute approximate surface area is 158 Å². The minimum Gasteiger partial charge on any atom is -0.335 e. The van der Waals surface area contributed by atoms with E-state index in [2.05, 4.69) is 20.9 Å². The van der Waals surface area contributed by atoms with Gasteiger partial charge in [-0.3, -0.25) is 9.69 Å². The predicted octanol–water partition coefficient (Wildman–Crippen LogP) is 2.81. The Morgan fingerprint density at radius 3 is 2.85 bits per heavy atom. The van der Waals surface area contributed by atoms with E-state index in [9.17, 15) is 4.79 Å². The molecule has 1 saturated heterocycles. The van der Waals surface area contributed by atoms with E-state index in [1.54, 1.807) is 30.7 Å². The molecular formula is C19H23N5OS. The van der Waals surface area contributed by atoms with Crippen LogP contribution in [0.25, 0.3) is 0 Å². The van der Waals surface area contributed by atoms with Crippen molar-refractivity contribution in [3.05, 3.63) is 46.2 Å². The number of thiophene rings is 1. The molecule has 0 aliphatic carbocycles. The van der Waals surface area contributed by atoms with Crippen LogP contribution in [0.3, 0.4) is 0 Å². The van der Waals surface area contributed by atoms with E-state index in [4.69, 9.17) is 5.26 Å². The summed E-state index contributed by atoms with van der Waals surface area (Å²) in [6.45, 7) is 5.07. The average molecular weight is 369 g/mol. The number of rotatable bonds is 5. The molecule has 2 aromatic rings. The zero-order chi connectivity index (χ0) is 18.4. The normalized spacial score (nSPS) is 18.1. The standard InChI is InChI=1S/C19H23N5OS/c1-15(25)24(12-16-10-21-14-22-11-16)17-3-2-7-23(8-6-17)13-19-5-4-18(9-20)26-19/h4-5,10-11,14,17H,2-3,6-8,12-13H2,1H3/t17-/m0/s1. The lowest BCUT2D eigenvalue weighted by Crippen LogP contribution is -2.39. The van der Waals surface area contributed by atoms with Gasteiger partial charge in [-0.1, -0.05) is 0 Å². The van der Waals surface area contributed by atoms with Gasteiger partial charge < -0.3 is 4.90 Å². The second-order valence-electron chi connectivity index (χ2n) is 6.63. The monoisotopic (exact) mass is 369 g/mol. The molecule has 1 amide bonds. The zero-order valence-corrected chi connectivity index (χ0v) is 15.8. The van der Waals surface area contributed by atoms with Gasteiger partial charge in [0.2, 0.25) is 5.91 Å². The SMILES string of the molecule is CC(=O)N(Cc1cncnc1)[C@H]1CCCN(Cc2ccc(C#N)s2)CC1. The van der Waals surface area contributed by atoms with Crippen molar-refractivity contribution in [2.24, 2.45) is 0 Å². The molecule has 0 aromatic carbocycles. The number of hydrogen-bond acceptors (Lipinski definition) is 6. The molecular weight excluding hydrogens is 346 g/mol. The highest BCUT2D eigenvalue weighted by atomic mass is 32.1. The van der Waals surface area contributed by atoms with Crippen molar-refractivity contribution in [1.82, 2.24) is 19.8 Å². The first-order chi connectivity index (χ1) is 12.7. The molecule has 7 heteroatoms. The van der Waals surface area contributed by atoms with E-state index in [-0.39, 0.29) is 11.9 Å². The fourth-order valence-electron chi connectivity index (χ4n) is 3.46. The number of carbonyl (C=O) groups is 1. The van der Waals surface area contributed by atoms with E-state index in [1.807, 2.05) is 17.0 Å². The first-order valence-corrected chi connectivity index (χ1v) is 9.69. The van der Waals surface area contributed by atoms with Crippen molar-refractivity contribution in [2.45, 2.75) is 45.3 Å². The first-order valence-electron chi connectivity index (χ1n) is 8.88. The minimum atomic E-state index is 0.101. The van der Waals surface area contributed by atoms with Crippen molar-refractivity contribution in [3.8, 4) is 6.07 Å². The van der Waals surface area contributed by atoms with E-state index in [1.165, 1.54) is 11.2 Å². The van der Waals surface area contributed by atoms with Gasteiger partial charge in [0.1, 0.15) is 17.3 Å². The lowest BCUT2D eigenvalue weighted by molar-refractivity contribution is -0.132. The van der Waals surface area contributed by atoms with Crippen LogP contribution in [0, 0.1) is 11.3 Å². The lowest BCUT2D eigenvalue weighted by Gasteiger charge is -2.30. The van der Waals surface area contributed by atoms with E-state index in [0.717, 1.165) is 49.3 Å². The number of likely N-dealkylation sites (tertiary alicyclic amines) is 1. The molecule has 0 radical (unpaired) electrons. The fraction of sp³-hybridized carbons (Fsp3) is 0.474. The highest BCUT2D eigenvalue weighted by molar-refractivity contribution is 7.12. The second-order valence-corrected chi connectivity index (χ2v) is 7.80. The molecule has 2 aromatic heterocycles. The molecule has 0 N–H and O–H groups in total. The number of carbonyl (C=O) groups excluding carboxylic acids is 1. The van der Waals surface area contributed by atoms with Gasteiger partial charge in [-0.2, -0.15) is 5.26 Å².